The van der Waals surface area contributed by atoms with E-state index in [2.05, 4.69) is 22.1 Å². The fraction of sp³-hybridized carbons (Fsp3) is 0.250. The van der Waals surface area contributed by atoms with Gasteiger partial charge in [0.15, 0.2) is 5.58 Å². The van der Waals surface area contributed by atoms with Gasteiger partial charge in [-0.15, -0.1) is 5.92 Å². The Morgan fingerprint density at radius 2 is 2.38 bits per heavy atom. The summed E-state index contributed by atoms with van der Waals surface area (Å²) in [5.41, 5.74) is 1.50. The number of oxazole rings is 1. The van der Waals surface area contributed by atoms with Crippen molar-refractivity contribution in [3.05, 3.63) is 18.2 Å². The summed E-state index contributed by atoms with van der Waals surface area (Å²) in [6.07, 6.45) is 0. The number of fused-ring (bicyclic) bond motifs is 1. The van der Waals surface area contributed by atoms with Crippen molar-refractivity contribution in [3.63, 3.8) is 0 Å². The van der Waals surface area contributed by atoms with Gasteiger partial charge in [0.25, 0.3) is 6.01 Å². The lowest BCUT2D eigenvalue weighted by Crippen LogP contribution is -1.97. The zero-order valence-corrected chi connectivity index (χ0v) is 9.20. The van der Waals surface area contributed by atoms with Crippen molar-refractivity contribution in [1.82, 2.24) is 4.98 Å². The summed E-state index contributed by atoms with van der Waals surface area (Å²) in [6.45, 7) is 2.32. The molecule has 82 valence electrons. The van der Waals surface area contributed by atoms with Crippen molar-refractivity contribution in [1.29, 1.82) is 0 Å². The van der Waals surface area contributed by atoms with Crippen LogP contribution in [0.3, 0.4) is 0 Å². The van der Waals surface area contributed by atoms with Gasteiger partial charge in [0.05, 0.1) is 13.7 Å². The molecule has 0 unspecified atom stereocenters. The van der Waals surface area contributed by atoms with Gasteiger partial charge in [0.2, 0.25) is 0 Å². The molecule has 0 saturated carbocycles. The van der Waals surface area contributed by atoms with Crippen molar-refractivity contribution in [3.8, 4) is 17.6 Å². The normalized spacial score (nSPS) is 9.62. The average Bonchev–Trinajstić information content (AvgIpc) is 2.70. The summed E-state index contributed by atoms with van der Waals surface area (Å²) < 4.78 is 10.6. The zero-order valence-electron chi connectivity index (χ0n) is 9.20. The molecule has 0 aliphatic heterocycles. The first-order valence-electron chi connectivity index (χ1n) is 4.91. The number of aromatic nitrogens is 1. The molecule has 16 heavy (non-hydrogen) atoms. The zero-order chi connectivity index (χ0) is 11.4. The minimum atomic E-state index is 0.478. The monoisotopic (exact) mass is 216 g/mol. The first-order chi connectivity index (χ1) is 7.83. The number of ether oxygens (including phenoxy) is 1. The van der Waals surface area contributed by atoms with E-state index in [0.29, 0.717) is 12.6 Å². The minimum Gasteiger partial charge on any atom is -0.497 e. The Balaban J connectivity index is 2.24. The minimum absolute atomic E-state index is 0.478. The molecule has 0 bridgehead atoms. The molecule has 0 aliphatic carbocycles. The summed E-state index contributed by atoms with van der Waals surface area (Å²) in [5, 5.41) is 2.98. The molecule has 4 heteroatoms. The highest BCUT2D eigenvalue weighted by Gasteiger charge is 2.05. The quantitative estimate of drug-likeness (QED) is 0.799. The van der Waals surface area contributed by atoms with Crippen LogP contribution in [0.25, 0.3) is 11.1 Å². The van der Waals surface area contributed by atoms with Crippen molar-refractivity contribution in [2.24, 2.45) is 0 Å². The predicted octanol–water partition coefficient (Wildman–Crippen LogP) is 2.27. The Morgan fingerprint density at radius 1 is 1.50 bits per heavy atom. The van der Waals surface area contributed by atoms with Crippen LogP contribution in [0.15, 0.2) is 22.6 Å². The lowest BCUT2D eigenvalue weighted by molar-refractivity contribution is 0.415. The first kappa shape index (κ1) is 10.4. The van der Waals surface area contributed by atoms with Gasteiger partial charge in [0, 0.05) is 6.07 Å². The van der Waals surface area contributed by atoms with Crippen LogP contribution in [0.4, 0.5) is 6.01 Å². The molecule has 1 aromatic carbocycles. The highest BCUT2D eigenvalue weighted by atomic mass is 16.5. The molecule has 4 nitrogen and oxygen atoms in total. The fourth-order valence-corrected chi connectivity index (χ4v) is 1.32. The number of nitrogens with one attached hydrogen (secondary N) is 1. The summed E-state index contributed by atoms with van der Waals surface area (Å²) >= 11 is 0. The van der Waals surface area contributed by atoms with Crippen LogP contribution in [-0.2, 0) is 0 Å². The van der Waals surface area contributed by atoms with Gasteiger partial charge < -0.3 is 14.5 Å². The van der Waals surface area contributed by atoms with Crippen molar-refractivity contribution < 1.29 is 9.15 Å². The molecule has 0 atom stereocenters. The number of rotatable bonds is 3. The van der Waals surface area contributed by atoms with Crippen LogP contribution in [0.2, 0.25) is 0 Å². The standard InChI is InChI=1S/C12H12N2O2/c1-3-4-7-13-12-14-10-8-9(15-2)5-6-11(10)16-12/h5-6,8H,7H2,1-2H3,(H,13,14). The van der Waals surface area contributed by atoms with E-state index < -0.39 is 0 Å². The number of methoxy groups -OCH3 is 1. The molecule has 1 aromatic heterocycles. The molecular weight excluding hydrogens is 204 g/mol. The Bertz CT molecular complexity index is 549. The van der Waals surface area contributed by atoms with Crippen molar-refractivity contribution in [2.75, 3.05) is 19.0 Å². The second-order valence-electron chi connectivity index (χ2n) is 3.13. The van der Waals surface area contributed by atoms with Gasteiger partial charge in [0.1, 0.15) is 11.3 Å². The van der Waals surface area contributed by atoms with Crippen LogP contribution < -0.4 is 10.1 Å². The first-order valence-corrected chi connectivity index (χ1v) is 4.91. The van der Waals surface area contributed by atoms with Gasteiger partial charge in [-0.25, -0.2) is 0 Å². The van der Waals surface area contributed by atoms with E-state index in [-0.39, 0.29) is 0 Å². The fourth-order valence-electron chi connectivity index (χ4n) is 1.32. The van der Waals surface area contributed by atoms with E-state index >= 15 is 0 Å². The molecule has 0 saturated heterocycles. The third-order valence-electron chi connectivity index (χ3n) is 2.10. The smallest absolute Gasteiger partial charge is 0.296 e. The van der Waals surface area contributed by atoms with Crippen molar-refractivity contribution in [2.45, 2.75) is 6.92 Å². The molecule has 0 amide bonds. The van der Waals surface area contributed by atoms with Crippen molar-refractivity contribution >= 4 is 17.1 Å². The maximum Gasteiger partial charge on any atom is 0.296 e. The van der Waals surface area contributed by atoms with E-state index in [1.807, 2.05) is 18.2 Å². The number of hydrogen-bond donors (Lipinski definition) is 1. The Hall–Kier alpha value is -2.15. The molecule has 0 aliphatic rings. The van der Waals surface area contributed by atoms with E-state index in [0.717, 1.165) is 16.8 Å². The van der Waals surface area contributed by atoms with Crippen LogP contribution >= 0.6 is 0 Å². The molecular formula is C12H12N2O2. The Labute approximate surface area is 93.6 Å². The van der Waals surface area contributed by atoms with Gasteiger partial charge in [-0.1, -0.05) is 5.92 Å². The number of hydrogen-bond acceptors (Lipinski definition) is 4. The van der Waals surface area contributed by atoms with Crippen LogP contribution in [0, 0.1) is 11.8 Å². The molecule has 1 heterocycles. The topological polar surface area (TPSA) is 47.3 Å². The summed E-state index contributed by atoms with van der Waals surface area (Å²) in [7, 11) is 1.62. The second kappa shape index (κ2) is 4.58. The Kier molecular flexibility index (Phi) is 2.97. The molecule has 2 aromatic rings. The molecule has 0 fully saturated rings. The van der Waals surface area contributed by atoms with Crippen LogP contribution in [0.1, 0.15) is 6.92 Å². The van der Waals surface area contributed by atoms with E-state index in [1.165, 1.54) is 0 Å². The van der Waals surface area contributed by atoms with E-state index in [9.17, 15) is 0 Å². The third-order valence-corrected chi connectivity index (χ3v) is 2.10. The molecule has 0 radical (unpaired) electrons. The maximum absolute atomic E-state index is 5.47. The number of anilines is 1. The molecule has 2 rings (SSSR count). The van der Waals surface area contributed by atoms with Gasteiger partial charge in [-0.2, -0.15) is 4.98 Å². The largest absolute Gasteiger partial charge is 0.497 e. The SMILES string of the molecule is CC#CCNc1nc2cc(OC)ccc2o1. The number of benzene rings is 1. The summed E-state index contributed by atoms with van der Waals surface area (Å²) in [5.74, 6) is 6.43. The average molecular weight is 216 g/mol. The number of nitrogens with zero attached hydrogens (tertiary/aromatic N) is 1. The molecule has 1 N–H and O–H groups in total. The maximum atomic E-state index is 5.47. The Morgan fingerprint density at radius 3 is 3.12 bits per heavy atom. The summed E-state index contributed by atoms with van der Waals surface area (Å²) in [6, 6.07) is 5.97. The van der Waals surface area contributed by atoms with Crippen LogP contribution in [-0.4, -0.2) is 18.6 Å². The van der Waals surface area contributed by atoms with Gasteiger partial charge >= 0.3 is 0 Å². The lowest BCUT2D eigenvalue weighted by atomic mass is 10.3. The van der Waals surface area contributed by atoms with Crippen LogP contribution in [0.5, 0.6) is 5.75 Å². The van der Waals surface area contributed by atoms with E-state index in [1.54, 1.807) is 14.0 Å². The molecule has 0 spiro atoms. The van der Waals surface area contributed by atoms with E-state index in [4.69, 9.17) is 9.15 Å². The summed E-state index contributed by atoms with van der Waals surface area (Å²) in [4.78, 5) is 4.27. The van der Waals surface area contributed by atoms with Gasteiger partial charge in [-0.3, -0.25) is 0 Å². The van der Waals surface area contributed by atoms with Gasteiger partial charge in [-0.05, 0) is 19.1 Å². The highest BCUT2D eigenvalue weighted by molar-refractivity contribution is 5.76. The second-order valence-corrected chi connectivity index (χ2v) is 3.13. The highest BCUT2D eigenvalue weighted by Crippen LogP contribution is 2.23. The third kappa shape index (κ3) is 2.09. The predicted molar refractivity (Wildman–Crippen MR) is 62.5 cm³/mol. The lowest BCUT2D eigenvalue weighted by Gasteiger charge is -1.95.